The molecule has 5 heteroatoms. The lowest BCUT2D eigenvalue weighted by molar-refractivity contribution is 0.0243. The molecule has 3 N–H and O–H groups in total. The summed E-state index contributed by atoms with van der Waals surface area (Å²) in [6.07, 6.45) is -0.999. The molecule has 0 aromatic heterocycles. The van der Waals surface area contributed by atoms with Gasteiger partial charge >= 0.3 is 6.09 Å². The molecule has 1 aliphatic heterocycles. The second kappa shape index (κ2) is 3.60. The van der Waals surface area contributed by atoms with E-state index >= 15 is 0 Å². The highest BCUT2D eigenvalue weighted by molar-refractivity contribution is 5.69. The minimum absolute atomic E-state index is 0.179. The summed E-state index contributed by atoms with van der Waals surface area (Å²) in [5.74, 6) is 0.915. The number of aliphatic hydroxyl groups excluding tert-OH is 1. The van der Waals surface area contributed by atoms with Gasteiger partial charge in [0.2, 0.25) is 0 Å². The van der Waals surface area contributed by atoms with Crippen molar-refractivity contribution in [2.45, 2.75) is 32.6 Å². The van der Waals surface area contributed by atoms with Crippen molar-refractivity contribution in [3.8, 4) is 0 Å². The van der Waals surface area contributed by atoms with Crippen LogP contribution in [-0.4, -0.2) is 41.0 Å². The van der Waals surface area contributed by atoms with Gasteiger partial charge in [-0.15, -0.1) is 0 Å². The van der Waals surface area contributed by atoms with Crippen LogP contribution in [0.2, 0.25) is 0 Å². The number of likely N-dealkylation sites (tertiary alicyclic amines) is 1. The van der Waals surface area contributed by atoms with Gasteiger partial charge in [-0.05, 0) is 32.6 Å². The second-order valence-corrected chi connectivity index (χ2v) is 5.78. The van der Waals surface area contributed by atoms with E-state index < -0.39 is 11.8 Å². The van der Waals surface area contributed by atoms with Crippen LogP contribution in [0.5, 0.6) is 0 Å². The van der Waals surface area contributed by atoms with E-state index in [2.05, 4.69) is 0 Å². The minimum atomic E-state index is -0.740. The number of nitrogens with two attached hydrogens (primary N) is 1. The number of piperidine rings is 1. The third-order valence-electron chi connectivity index (χ3n) is 3.31. The molecule has 1 heterocycles. The second-order valence-electron chi connectivity index (χ2n) is 5.78. The average molecular weight is 228 g/mol. The lowest BCUT2D eigenvalue weighted by atomic mass is 10.2. The monoisotopic (exact) mass is 228 g/mol. The predicted octanol–water partition coefficient (Wildman–Crippen LogP) is 0.376. The smallest absolute Gasteiger partial charge is 0.410 e. The molecule has 0 bridgehead atoms. The Balaban J connectivity index is 1.82. The first kappa shape index (κ1) is 11.7. The van der Waals surface area contributed by atoms with E-state index in [9.17, 15) is 9.90 Å². The van der Waals surface area contributed by atoms with Crippen LogP contribution < -0.4 is 5.73 Å². The molecule has 16 heavy (non-hydrogen) atoms. The Hall–Kier alpha value is -0.810. The van der Waals surface area contributed by atoms with E-state index in [1.165, 1.54) is 0 Å². The van der Waals surface area contributed by atoms with Crippen molar-refractivity contribution in [2.24, 2.45) is 23.5 Å². The summed E-state index contributed by atoms with van der Waals surface area (Å²) in [4.78, 5) is 13.4. The van der Waals surface area contributed by atoms with Crippen molar-refractivity contribution in [1.82, 2.24) is 4.90 Å². The van der Waals surface area contributed by atoms with Crippen LogP contribution in [0.1, 0.15) is 20.8 Å². The molecular formula is C11H20N2O3. The molecule has 1 saturated heterocycles. The molecule has 1 saturated carbocycles. The van der Waals surface area contributed by atoms with Crippen molar-refractivity contribution in [2.75, 3.05) is 13.1 Å². The van der Waals surface area contributed by atoms with Crippen molar-refractivity contribution < 1.29 is 14.6 Å². The number of ether oxygens (including phenoxy) is 1. The van der Waals surface area contributed by atoms with Crippen LogP contribution in [0, 0.1) is 17.8 Å². The Kier molecular flexibility index (Phi) is 2.62. The molecule has 92 valence electrons. The number of carbonyl (C=O) groups excluding carboxylic acids is 1. The quantitative estimate of drug-likeness (QED) is 0.636. The molecule has 5 nitrogen and oxygen atoms in total. The van der Waals surface area contributed by atoms with Gasteiger partial charge in [0, 0.05) is 19.0 Å². The van der Waals surface area contributed by atoms with Crippen LogP contribution in [0.4, 0.5) is 4.79 Å². The Labute approximate surface area is 95.5 Å². The number of rotatable bonds is 1. The fourth-order valence-electron chi connectivity index (χ4n) is 2.55. The fourth-order valence-corrected chi connectivity index (χ4v) is 2.55. The molecular weight excluding hydrogens is 208 g/mol. The minimum Gasteiger partial charge on any atom is -0.444 e. The van der Waals surface area contributed by atoms with Gasteiger partial charge in [-0.25, -0.2) is 4.79 Å². The van der Waals surface area contributed by atoms with E-state index in [0.717, 1.165) is 0 Å². The number of carbonyl (C=O) groups is 1. The summed E-state index contributed by atoms with van der Waals surface area (Å²) in [6, 6.07) is 0. The van der Waals surface area contributed by atoms with Gasteiger partial charge < -0.3 is 20.5 Å². The molecule has 1 amide bonds. The summed E-state index contributed by atoms with van der Waals surface area (Å²) < 4.78 is 5.28. The highest BCUT2D eigenvalue weighted by Crippen LogP contribution is 2.52. The molecule has 2 aliphatic rings. The SMILES string of the molecule is CC(C)(C)OC(=O)N1CC2C(C1)C2C(N)O. The standard InChI is InChI=1S/C11H20N2O3/c1-11(2,3)16-10(15)13-4-6-7(5-13)8(6)9(12)14/h6-9,14H,4-5,12H2,1-3H3. The normalized spacial score (nSPS) is 34.6. The molecule has 2 rings (SSSR count). The number of nitrogens with zero attached hydrogens (tertiary/aromatic N) is 1. The average Bonchev–Trinajstić information content (AvgIpc) is 2.60. The predicted molar refractivity (Wildman–Crippen MR) is 58.5 cm³/mol. The van der Waals surface area contributed by atoms with Gasteiger partial charge in [0.1, 0.15) is 11.8 Å². The highest BCUT2D eigenvalue weighted by atomic mass is 16.6. The number of amides is 1. The van der Waals surface area contributed by atoms with Crippen molar-refractivity contribution in [3.63, 3.8) is 0 Å². The first-order valence-electron chi connectivity index (χ1n) is 5.71. The van der Waals surface area contributed by atoms with Crippen LogP contribution >= 0.6 is 0 Å². The zero-order valence-corrected chi connectivity index (χ0v) is 10.0. The van der Waals surface area contributed by atoms with E-state index in [1.807, 2.05) is 20.8 Å². The first-order valence-corrected chi connectivity index (χ1v) is 5.71. The third kappa shape index (κ3) is 2.15. The maximum atomic E-state index is 11.7. The zero-order chi connectivity index (χ0) is 12.1. The summed E-state index contributed by atoms with van der Waals surface area (Å²) in [7, 11) is 0. The van der Waals surface area contributed by atoms with Crippen LogP contribution in [0.25, 0.3) is 0 Å². The maximum Gasteiger partial charge on any atom is 0.410 e. The van der Waals surface area contributed by atoms with E-state index in [-0.39, 0.29) is 12.0 Å². The van der Waals surface area contributed by atoms with Gasteiger partial charge in [0.25, 0.3) is 0 Å². The van der Waals surface area contributed by atoms with Crippen molar-refractivity contribution in [3.05, 3.63) is 0 Å². The number of fused-ring (bicyclic) bond motifs is 1. The van der Waals surface area contributed by atoms with Gasteiger partial charge in [-0.1, -0.05) is 0 Å². The molecule has 3 atom stereocenters. The molecule has 0 radical (unpaired) electrons. The largest absolute Gasteiger partial charge is 0.444 e. The lowest BCUT2D eigenvalue weighted by Gasteiger charge is -2.26. The van der Waals surface area contributed by atoms with Crippen molar-refractivity contribution >= 4 is 6.09 Å². The highest BCUT2D eigenvalue weighted by Gasteiger charge is 2.59. The molecule has 1 aliphatic carbocycles. The van der Waals surface area contributed by atoms with Gasteiger partial charge in [-0.3, -0.25) is 0 Å². The summed E-state index contributed by atoms with van der Waals surface area (Å²) in [6.45, 7) is 6.90. The molecule has 0 spiro atoms. The van der Waals surface area contributed by atoms with Gasteiger partial charge in [-0.2, -0.15) is 0 Å². The van der Waals surface area contributed by atoms with E-state index in [0.29, 0.717) is 24.9 Å². The fraction of sp³-hybridized carbons (Fsp3) is 0.909. The van der Waals surface area contributed by atoms with Crippen LogP contribution in [0.3, 0.4) is 0 Å². The Morgan fingerprint density at radius 3 is 2.31 bits per heavy atom. The Morgan fingerprint density at radius 1 is 1.44 bits per heavy atom. The Bertz CT molecular complexity index is 286. The summed E-state index contributed by atoms with van der Waals surface area (Å²) >= 11 is 0. The topological polar surface area (TPSA) is 75.8 Å². The van der Waals surface area contributed by atoms with Crippen LogP contribution in [-0.2, 0) is 4.74 Å². The maximum absolute atomic E-state index is 11.7. The number of hydrogen-bond donors (Lipinski definition) is 2. The molecule has 3 unspecified atom stereocenters. The van der Waals surface area contributed by atoms with E-state index in [1.54, 1.807) is 4.90 Å². The molecule has 0 aromatic carbocycles. The summed E-state index contributed by atoms with van der Waals surface area (Å²) in [5.41, 5.74) is 4.98. The zero-order valence-electron chi connectivity index (χ0n) is 10.0. The number of aliphatic hydroxyl groups is 1. The summed E-state index contributed by atoms with van der Waals surface area (Å²) in [5, 5.41) is 9.25. The lowest BCUT2D eigenvalue weighted by Crippen LogP contribution is -2.38. The molecule has 2 fully saturated rings. The van der Waals surface area contributed by atoms with E-state index in [4.69, 9.17) is 10.5 Å². The van der Waals surface area contributed by atoms with Gasteiger partial charge in [0.15, 0.2) is 0 Å². The molecule has 0 aromatic rings. The van der Waals surface area contributed by atoms with Crippen LogP contribution in [0.15, 0.2) is 0 Å². The van der Waals surface area contributed by atoms with Crippen molar-refractivity contribution in [1.29, 1.82) is 0 Å². The number of hydrogen-bond acceptors (Lipinski definition) is 4. The first-order chi connectivity index (χ1) is 7.29. The Morgan fingerprint density at radius 2 is 1.94 bits per heavy atom. The third-order valence-corrected chi connectivity index (χ3v) is 3.31. The van der Waals surface area contributed by atoms with Gasteiger partial charge in [0.05, 0.1) is 0 Å².